The van der Waals surface area contributed by atoms with E-state index in [0.717, 1.165) is 41.1 Å². The molecule has 1 aromatic carbocycles. The fourth-order valence-corrected chi connectivity index (χ4v) is 4.44. The molecule has 0 bridgehead atoms. The minimum absolute atomic E-state index is 0.0464. The number of para-hydroxylation sites is 1. The average molecular weight is 423 g/mol. The number of hydrogen-bond acceptors (Lipinski definition) is 4. The third-order valence-corrected chi connectivity index (χ3v) is 6.27. The zero-order chi connectivity index (χ0) is 20.9. The highest BCUT2D eigenvalue weighted by molar-refractivity contribution is 7.13. The molecule has 0 aliphatic carbocycles. The van der Waals surface area contributed by atoms with Crippen molar-refractivity contribution in [1.82, 2.24) is 19.6 Å². The molecule has 2 aromatic heterocycles. The van der Waals surface area contributed by atoms with Crippen molar-refractivity contribution in [3.05, 3.63) is 59.6 Å². The lowest BCUT2D eigenvalue weighted by molar-refractivity contribution is -0.139. The summed E-state index contributed by atoms with van der Waals surface area (Å²) in [6.07, 6.45) is 5.47. The third-order valence-electron chi connectivity index (χ3n) is 5.40. The van der Waals surface area contributed by atoms with E-state index in [0.29, 0.717) is 19.5 Å². The van der Waals surface area contributed by atoms with Crippen LogP contribution in [0.4, 0.5) is 0 Å². The highest BCUT2D eigenvalue weighted by Crippen LogP contribution is 2.28. The molecule has 30 heavy (non-hydrogen) atoms. The first-order valence-corrected chi connectivity index (χ1v) is 11.2. The SMILES string of the molecule is CN(Cc1cn(-c2ccccc2)nc1-c1cccs1)C(=O)CN1CCCCCC1=O. The van der Waals surface area contributed by atoms with Crippen molar-refractivity contribution in [1.29, 1.82) is 0 Å². The Labute approximate surface area is 180 Å². The molecular weight excluding hydrogens is 396 g/mol. The van der Waals surface area contributed by atoms with Crippen LogP contribution < -0.4 is 0 Å². The van der Waals surface area contributed by atoms with Gasteiger partial charge in [-0.3, -0.25) is 9.59 Å². The Bertz CT molecular complexity index is 998. The van der Waals surface area contributed by atoms with E-state index >= 15 is 0 Å². The van der Waals surface area contributed by atoms with Crippen LogP contribution in [0.25, 0.3) is 16.3 Å². The van der Waals surface area contributed by atoms with E-state index in [1.54, 1.807) is 28.2 Å². The molecule has 2 amide bonds. The molecule has 3 heterocycles. The molecule has 7 heteroatoms. The summed E-state index contributed by atoms with van der Waals surface area (Å²) < 4.78 is 1.86. The highest BCUT2D eigenvalue weighted by Gasteiger charge is 2.22. The van der Waals surface area contributed by atoms with Crippen molar-refractivity contribution in [3.63, 3.8) is 0 Å². The molecule has 1 fully saturated rings. The van der Waals surface area contributed by atoms with Gasteiger partial charge in [0.25, 0.3) is 0 Å². The van der Waals surface area contributed by atoms with Crippen LogP contribution in [-0.2, 0) is 16.1 Å². The number of likely N-dealkylation sites (tertiary alicyclic amines) is 1. The van der Waals surface area contributed by atoms with E-state index in [1.165, 1.54) is 0 Å². The molecule has 0 unspecified atom stereocenters. The van der Waals surface area contributed by atoms with Crippen LogP contribution in [-0.4, -0.2) is 51.5 Å². The largest absolute Gasteiger partial charge is 0.340 e. The Morgan fingerprint density at radius 2 is 1.97 bits per heavy atom. The van der Waals surface area contributed by atoms with Gasteiger partial charge < -0.3 is 9.80 Å². The molecule has 4 rings (SSSR count). The average Bonchev–Trinajstić information content (AvgIpc) is 3.38. The van der Waals surface area contributed by atoms with Gasteiger partial charge in [-0.25, -0.2) is 4.68 Å². The van der Waals surface area contributed by atoms with E-state index in [4.69, 9.17) is 5.10 Å². The van der Waals surface area contributed by atoms with Crippen LogP contribution in [0.3, 0.4) is 0 Å². The van der Waals surface area contributed by atoms with Gasteiger partial charge in [0.05, 0.1) is 17.1 Å². The zero-order valence-corrected chi connectivity index (χ0v) is 18.0. The molecule has 6 nitrogen and oxygen atoms in total. The molecule has 1 aliphatic rings. The normalized spacial score (nSPS) is 14.6. The number of nitrogens with zero attached hydrogens (tertiary/aromatic N) is 4. The zero-order valence-electron chi connectivity index (χ0n) is 17.2. The minimum Gasteiger partial charge on any atom is -0.340 e. The molecule has 1 saturated heterocycles. The van der Waals surface area contributed by atoms with Gasteiger partial charge in [-0.05, 0) is 36.4 Å². The number of rotatable bonds is 6. The first kappa shape index (κ1) is 20.3. The van der Waals surface area contributed by atoms with Gasteiger partial charge in [0.1, 0.15) is 5.69 Å². The second kappa shape index (κ2) is 9.26. The van der Waals surface area contributed by atoms with Crippen LogP contribution in [0.15, 0.2) is 54.0 Å². The van der Waals surface area contributed by atoms with E-state index in [1.807, 2.05) is 58.7 Å². The molecule has 0 spiro atoms. The predicted octanol–water partition coefficient (Wildman–Crippen LogP) is 3.96. The first-order valence-electron chi connectivity index (χ1n) is 10.3. The number of hydrogen-bond donors (Lipinski definition) is 0. The quantitative estimate of drug-likeness (QED) is 0.604. The second-order valence-electron chi connectivity index (χ2n) is 7.64. The number of thiophene rings is 1. The second-order valence-corrected chi connectivity index (χ2v) is 8.58. The minimum atomic E-state index is -0.0464. The Hall–Kier alpha value is -2.93. The number of aromatic nitrogens is 2. The summed E-state index contributed by atoms with van der Waals surface area (Å²) in [6, 6.07) is 14.0. The molecule has 0 radical (unpaired) electrons. The van der Waals surface area contributed by atoms with Gasteiger partial charge in [-0.15, -0.1) is 11.3 Å². The molecule has 0 atom stereocenters. The predicted molar refractivity (Wildman–Crippen MR) is 118 cm³/mol. The summed E-state index contributed by atoms with van der Waals surface area (Å²) >= 11 is 1.63. The maximum Gasteiger partial charge on any atom is 0.242 e. The van der Waals surface area contributed by atoms with Crippen LogP contribution in [0.5, 0.6) is 0 Å². The molecule has 3 aromatic rings. The van der Waals surface area contributed by atoms with Crippen LogP contribution >= 0.6 is 11.3 Å². The van der Waals surface area contributed by atoms with E-state index in [-0.39, 0.29) is 18.4 Å². The monoisotopic (exact) mass is 422 g/mol. The van der Waals surface area contributed by atoms with Crippen LogP contribution in [0, 0.1) is 0 Å². The lowest BCUT2D eigenvalue weighted by atomic mass is 10.2. The van der Waals surface area contributed by atoms with Gasteiger partial charge in [-0.2, -0.15) is 5.10 Å². The molecule has 1 aliphatic heterocycles. The molecule has 0 saturated carbocycles. The smallest absolute Gasteiger partial charge is 0.242 e. The van der Waals surface area contributed by atoms with E-state index in [2.05, 4.69) is 0 Å². The van der Waals surface area contributed by atoms with Crippen molar-refractivity contribution in [2.45, 2.75) is 32.2 Å². The molecule has 156 valence electrons. The topological polar surface area (TPSA) is 58.4 Å². The van der Waals surface area contributed by atoms with Gasteiger partial charge in [-0.1, -0.05) is 30.7 Å². The summed E-state index contributed by atoms with van der Waals surface area (Å²) in [5.41, 5.74) is 2.85. The fraction of sp³-hybridized carbons (Fsp3) is 0.348. The highest BCUT2D eigenvalue weighted by atomic mass is 32.1. The standard InChI is InChI=1S/C23H26N4O2S/c1-25(22(29)17-26-13-7-3-6-12-21(26)28)15-18-16-27(19-9-4-2-5-10-19)24-23(18)20-11-8-14-30-20/h2,4-5,8-11,14,16H,3,6-7,12-13,15,17H2,1H3. The number of amides is 2. The summed E-state index contributed by atoms with van der Waals surface area (Å²) in [4.78, 5) is 29.6. The lowest BCUT2D eigenvalue weighted by Crippen LogP contribution is -2.41. The van der Waals surface area contributed by atoms with Gasteiger partial charge in [0, 0.05) is 38.3 Å². The van der Waals surface area contributed by atoms with Gasteiger partial charge in [0.2, 0.25) is 11.8 Å². The Morgan fingerprint density at radius 3 is 2.73 bits per heavy atom. The van der Waals surface area contributed by atoms with Crippen molar-refractivity contribution in [2.24, 2.45) is 0 Å². The summed E-state index contributed by atoms with van der Waals surface area (Å²) in [6.45, 7) is 1.27. The maximum absolute atomic E-state index is 12.9. The maximum atomic E-state index is 12.9. The lowest BCUT2D eigenvalue weighted by Gasteiger charge is -2.24. The summed E-state index contributed by atoms with van der Waals surface area (Å²) in [5, 5.41) is 6.83. The summed E-state index contributed by atoms with van der Waals surface area (Å²) in [7, 11) is 1.79. The van der Waals surface area contributed by atoms with E-state index in [9.17, 15) is 9.59 Å². The number of carbonyl (C=O) groups excluding carboxylic acids is 2. The Morgan fingerprint density at radius 1 is 1.13 bits per heavy atom. The Balaban J connectivity index is 1.53. The van der Waals surface area contributed by atoms with Gasteiger partial charge >= 0.3 is 0 Å². The first-order chi connectivity index (χ1) is 14.6. The van der Waals surface area contributed by atoms with Crippen molar-refractivity contribution in [3.8, 4) is 16.3 Å². The number of likely N-dealkylation sites (N-methyl/N-ethyl adjacent to an activating group) is 1. The van der Waals surface area contributed by atoms with Crippen LogP contribution in [0.1, 0.15) is 31.2 Å². The van der Waals surface area contributed by atoms with Crippen molar-refractivity contribution in [2.75, 3.05) is 20.1 Å². The fourth-order valence-electron chi connectivity index (χ4n) is 3.69. The number of carbonyl (C=O) groups is 2. The van der Waals surface area contributed by atoms with Crippen molar-refractivity contribution < 1.29 is 9.59 Å². The van der Waals surface area contributed by atoms with E-state index < -0.39 is 0 Å². The summed E-state index contributed by atoms with van der Waals surface area (Å²) in [5.74, 6) is 0.0419. The number of benzene rings is 1. The van der Waals surface area contributed by atoms with Crippen LogP contribution in [0.2, 0.25) is 0 Å². The molecule has 0 N–H and O–H groups in total. The Kier molecular flexibility index (Phi) is 6.28. The third kappa shape index (κ3) is 4.62. The van der Waals surface area contributed by atoms with Gasteiger partial charge in [0.15, 0.2) is 0 Å². The van der Waals surface area contributed by atoms with Crippen molar-refractivity contribution >= 4 is 23.2 Å². The molecular formula is C23H26N4O2S.